The molecule has 1 amide bonds. The zero-order valence-electron chi connectivity index (χ0n) is 14.0. The van der Waals surface area contributed by atoms with E-state index in [4.69, 9.17) is 4.42 Å². The summed E-state index contributed by atoms with van der Waals surface area (Å²) >= 11 is 3.41. The molecular weight excluding hydrogens is 370 g/mol. The van der Waals surface area contributed by atoms with E-state index in [9.17, 15) is 9.59 Å². The van der Waals surface area contributed by atoms with E-state index in [2.05, 4.69) is 21.2 Å². The minimum Gasteiger partial charge on any atom is -0.455 e. The number of hydrogen-bond acceptors (Lipinski definition) is 3. The van der Waals surface area contributed by atoms with Crippen LogP contribution in [-0.4, -0.2) is 11.7 Å². The minimum absolute atomic E-state index is 0.0635. The van der Waals surface area contributed by atoms with Crippen LogP contribution in [0.25, 0.3) is 0 Å². The molecule has 0 saturated carbocycles. The number of halogens is 1. The van der Waals surface area contributed by atoms with Crippen LogP contribution in [0.5, 0.6) is 0 Å². The van der Waals surface area contributed by atoms with Crippen molar-refractivity contribution in [3.8, 4) is 0 Å². The summed E-state index contributed by atoms with van der Waals surface area (Å²) < 4.78 is 6.74. The molecule has 1 aliphatic carbocycles. The van der Waals surface area contributed by atoms with Crippen molar-refractivity contribution in [2.24, 2.45) is 5.41 Å². The van der Waals surface area contributed by atoms with Crippen molar-refractivity contribution in [3.63, 3.8) is 0 Å². The molecule has 1 aliphatic rings. The summed E-state index contributed by atoms with van der Waals surface area (Å²) in [6.45, 7) is 6.27. The average Bonchev–Trinajstić information content (AvgIpc) is 2.80. The Morgan fingerprint density at radius 1 is 1.33 bits per heavy atom. The lowest BCUT2D eigenvalue weighted by atomic mass is 9.76. The van der Waals surface area contributed by atoms with E-state index in [1.54, 1.807) is 6.92 Å². The molecule has 0 aliphatic heterocycles. The van der Waals surface area contributed by atoms with E-state index in [0.717, 1.165) is 10.0 Å². The molecule has 24 heavy (non-hydrogen) atoms. The van der Waals surface area contributed by atoms with Crippen molar-refractivity contribution in [1.29, 1.82) is 0 Å². The molecule has 3 rings (SSSR count). The van der Waals surface area contributed by atoms with Gasteiger partial charge in [-0.15, -0.1) is 0 Å². The molecule has 4 nitrogen and oxygen atoms in total. The van der Waals surface area contributed by atoms with E-state index in [0.29, 0.717) is 36.3 Å². The van der Waals surface area contributed by atoms with Crippen LogP contribution in [0.2, 0.25) is 0 Å². The first kappa shape index (κ1) is 17.0. The molecule has 0 fully saturated rings. The molecular formula is C19H20BrNO3. The molecule has 0 spiro atoms. The number of Topliss-reactive ketones (excluding diaryl/α,β-unsaturated/α-hetero) is 1. The molecule has 1 heterocycles. The number of carbonyl (C=O) groups excluding carboxylic acids is 2. The molecule has 0 radical (unpaired) electrons. The van der Waals surface area contributed by atoms with E-state index < -0.39 is 0 Å². The summed E-state index contributed by atoms with van der Waals surface area (Å²) in [5.74, 6) is 0.670. The quantitative estimate of drug-likeness (QED) is 0.843. The Morgan fingerprint density at radius 3 is 2.79 bits per heavy atom. The van der Waals surface area contributed by atoms with Crippen LogP contribution in [0.3, 0.4) is 0 Å². The van der Waals surface area contributed by atoms with Crippen LogP contribution in [0.1, 0.15) is 58.1 Å². The normalized spacial score (nSPS) is 15.9. The second kappa shape index (κ2) is 6.20. The Morgan fingerprint density at radius 2 is 2.08 bits per heavy atom. The lowest BCUT2D eigenvalue weighted by molar-refractivity contribution is 0.0888. The Balaban J connectivity index is 1.80. The summed E-state index contributed by atoms with van der Waals surface area (Å²) in [6.07, 6.45) is 1.16. The van der Waals surface area contributed by atoms with Crippen LogP contribution in [0.4, 0.5) is 0 Å². The number of hydrogen-bond donors (Lipinski definition) is 1. The second-order valence-corrected chi connectivity index (χ2v) is 8.02. The number of rotatable bonds is 3. The zero-order valence-corrected chi connectivity index (χ0v) is 15.6. The number of nitrogens with one attached hydrogen (secondary N) is 1. The molecule has 1 aromatic heterocycles. The Kier molecular flexibility index (Phi) is 4.38. The predicted octanol–water partition coefficient (Wildman–Crippen LogP) is 4.44. The van der Waals surface area contributed by atoms with Gasteiger partial charge in [0.15, 0.2) is 11.5 Å². The van der Waals surface area contributed by atoms with Crippen molar-refractivity contribution in [2.75, 3.05) is 0 Å². The van der Waals surface area contributed by atoms with Crippen LogP contribution >= 0.6 is 15.9 Å². The number of furan rings is 1. The number of carbonyl (C=O) groups is 2. The molecule has 2 aromatic rings. The van der Waals surface area contributed by atoms with E-state index >= 15 is 0 Å². The Hall–Kier alpha value is -1.88. The van der Waals surface area contributed by atoms with Gasteiger partial charge in [0.05, 0.1) is 5.56 Å². The summed E-state index contributed by atoms with van der Waals surface area (Å²) in [5, 5.41) is 2.86. The zero-order chi connectivity index (χ0) is 17.5. The molecule has 0 saturated heterocycles. The van der Waals surface area contributed by atoms with Crippen molar-refractivity contribution in [2.45, 2.75) is 40.2 Å². The van der Waals surface area contributed by atoms with E-state index in [1.165, 1.54) is 0 Å². The maximum atomic E-state index is 12.5. The van der Waals surface area contributed by atoms with Crippen molar-refractivity contribution in [3.05, 3.63) is 56.9 Å². The van der Waals surface area contributed by atoms with Gasteiger partial charge in [-0.05, 0) is 30.0 Å². The van der Waals surface area contributed by atoms with Crippen LogP contribution in [0, 0.1) is 12.3 Å². The lowest BCUT2D eigenvalue weighted by Crippen LogP contribution is -2.26. The third kappa shape index (κ3) is 3.31. The third-order valence-electron chi connectivity index (χ3n) is 4.33. The number of ketones is 1. The SMILES string of the molecule is Cc1c(C(=O)NCc2cccc(Br)c2)oc2c1C(=O)CC(C)(C)C2. The fraction of sp³-hybridized carbons (Fsp3) is 0.368. The first-order valence-corrected chi connectivity index (χ1v) is 8.74. The smallest absolute Gasteiger partial charge is 0.287 e. The number of benzene rings is 1. The molecule has 5 heteroatoms. The van der Waals surface area contributed by atoms with Gasteiger partial charge in [-0.25, -0.2) is 0 Å². The van der Waals surface area contributed by atoms with Gasteiger partial charge in [0.1, 0.15) is 5.76 Å². The molecule has 0 bridgehead atoms. The highest BCUT2D eigenvalue weighted by atomic mass is 79.9. The average molecular weight is 390 g/mol. The van der Waals surface area contributed by atoms with Crippen molar-refractivity contribution >= 4 is 27.6 Å². The molecule has 1 aromatic carbocycles. The first-order valence-electron chi connectivity index (χ1n) is 7.95. The van der Waals surface area contributed by atoms with Gasteiger partial charge >= 0.3 is 0 Å². The van der Waals surface area contributed by atoms with Crippen molar-refractivity contribution in [1.82, 2.24) is 5.32 Å². The monoisotopic (exact) mass is 389 g/mol. The van der Waals surface area contributed by atoms with Crippen LogP contribution in [-0.2, 0) is 13.0 Å². The maximum Gasteiger partial charge on any atom is 0.287 e. The number of fused-ring (bicyclic) bond motifs is 1. The molecule has 0 atom stereocenters. The van der Waals surface area contributed by atoms with Gasteiger partial charge in [-0.3, -0.25) is 9.59 Å². The fourth-order valence-corrected chi connectivity index (χ4v) is 3.66. The van der Waals surface area contributed by atoms with Crippen molar-refractivity contribution < 1.29 is 14.0 Å². The summed E-state index contributed by atoms with van der Waals surface area (Å²) in [6, 6.07) is 7.75. The lowest BCUT2D eigenvalue weighted by Gasteiger charge is -2.27. The first-order chi connectivity index (χ1) is 11.3. The van der Waals surface area contributed by atoms with Gasteiger partial charge in [-0.1, -0.05) is 41.9 Å². The fourth-order valence-electron chi connectivity index (χ4n) is 3.21. The van der Waals surface area contributed by atoms with Gasteiger partial charge in [-0.2, -0.15) is 0 Å². The Labute approximate surface area is 149 Å². The highest BCUT2D eigenvalue weighted by Crippen LogP contribution is 2.38. The maximum absolute atomic E-state index is 12.5. The van der Waals surface area contributed by atoms with Gasteiger partial charge in [0.25, 0.3) is 5.91 Å². The van der Waals surface area contributed by atoms with Gasteiger partial charge in [0, 0.05) is 29.4 Å². The number of amides is 1. The third-order valence-corrected chi connectivity index (χ3v) is 4.82. The Bertz CT molecular complexity index is 820. The second-order valence-electron chi connectivity index (χ2n) is 7.11. The summed E-state index contributed by atoms with van der Waals surface area (Å²) in [7, 11) is 0. The largest absolute Gasteiger partial charge is 0.455 e. The van der Waals surface area contributed by atoms with E-state index in [1.807, 2.05) is 38.1 Å². The highest BCUT2D eigenvalue weighted by Gasteiger charge is 2.36. The standard InChI is InChI=1S/C19H20BrNO3/c1-11-16-14(22)8-19(2,3)9-15(16)24-17(11)18(23)21-10-12-5-4-6-13(20)7-12/h4-7H,8-10H2,1-3H3,(H,21,23). The van der Waals surface area contributed by atoms with E-state index in [-0.39, 0.29) is 22.9 Å². The van der Waals surface area contributed by atoms with Crippen LogP contribution < -0.4 is 5.32 Å². The van der Waals surface area contributed by atoms with Crippen LogP contribution in [0.15, 0.2) is 33.2 Å². The molecule has 126 valence electrons. The molecule has 1 N–H and O–H groups in total. The topological polar surface area (TPSA) is 59.3 Å². The summed E-state index contributed by atoms with van der Waals surface area (Å²) in [5.41, 5.74) is 2.11. The predicted molar refractivity (Wildman–Crippen MR) is 95.2 cm³/mol. The highest BCUT2D eigenvalue weighted by molar-refractivity contribution is 9.10. The summed E-state index contributed by atoms with van der Waals surface area (Å²) in [4.78, 5) is 24.9. The molecule has 0 unspecified atom stereocenters. The minimum atomic E-state index is -0.285. The van der Waals surface area contributed by atoms with Gasteiger partial charge in [0.2, 0.25) is 0 Å². The van der Waals surface area contributed by atoms with Gasteiger partial charge < -0.3 is 9.73 Å².